The Morgan fingerprint density at radius 2 is 1.79 bits per heavy atom. The van der Waals surface area contributed by atoms with E-state index in [-0.39, 0.29) is 5.91 Å². The van der Waals surface area contributed by atoms with Crippen LogP contribution < -0.4 is 5.32 Å². The van der Waals surface area contributed by atoms with Gasteiger partial charge in [0.1, 0.15) is 5.69 Å². The number of nitrogens with one attached hydrogen (secondary N) is 1. The quantitative estimate of drug-likeness (QED) is 0.646. The molecular formula is C22H23ClN4O. The predicted molar refractivity (Wildman–Crippen MR) is 113 cm³/mol. The van der Waals surface area contributed by atoms with E-state index in [2.05, 4.69) is 15.3 Å². The Bertz CT molecular complexity index is 946. The van der Waals surface area contributed by atoms with Crippen LogP contribution in [0.1, 0.15) is 27.3 Å². The van der Waals surface area contributed by atoms with E-state index in [1.807, 2.05) is 61.5 Å². The lowest BCUT2D eigenvalue weighted by molar-refractivity contribution is 0.0779. The fraction of sp³-hybridized carbons (Fsp3) is 0.227. The van der Waals surface area contributed by atoms with E-state index < -0.39 is 0 Å². The summed E-state index contributed by atoms with van der Waals surface area (Å²) in [6.07, 6.45) is 0.787. The first kappa shape index (κ1) is 19.8. The molecule has 0 atom stereocenters. The van der Waals surface area contributed by atoms with Crippen molar-refractivity contribution in [2.75, 3.05) is 18.9 Å². The summed E-state index contributed by atoms with van der Waals surface area (Å²) >= 11 is 6.02. The molecule has 0 saturated carbocycles. The Labute approximate surface area is 170 Å². The number of halogens is 1. The molecule has 0 aliphatic heterocycles. The Morgan fingerprint density at radius 3 is 2.54 bits per heavy atom. The minimum absolute atomic E-state index is 0.132. The Balaban J connectivity index is 1.64. The van der Waals surface area contributed by atoms with Crippen molar-refractivity contribution in [3.05, 3.63) is 88.2 Å². The lowest BCUT2D eigenvalue weighted by atomic mass is 10.1. The molecule has 0 bridgehead atoms. The van der Waals surface area contributed by atoms with E-state index >= 15 is 0 Å². The molecule has 0 aliphatic carbocycles. The Kier molecular flexibility index (Phi) is 6.61. The zero-order valence-corrected chi connectivity index (χ0v) is 16.8. The molecule has 0 saturated heterocycles. The van der Waals surface area contributed by atoms with Crippen molar-refractivity contribution in [3.63, 3.8) is 0 Å². The van der Waals surface area contributed by atoms with Gasteiger partial charge in [-0.1, -0.05) is 54.1 Å². The van der Waals surface area contributed by atoms with Gasteiger partial charge < -0.3 is 10.2 Å². The molecule has 1 amide bonds. The monoisotopic (exact) mass is 394 g/mol. The van der Waals surface area contributed by atoms with Crippen LogP contribution in [0.5, 0.6) is 0 Å². The molecule has 1 N–H and O–H groups in total. The molecule has 6 heteroatoms. The molecule has 28 heavy (non-hydrogen) atoms. The summed E-state index contributed by atoms with van der Waals surface area (Å²) in [6.45, 7) is 3.04. The van der Waals surface area contributed by atoms with Gasteiger partial charge in [0.15, 0.2) is 0 Å². The van der Waals surface area contributed by atoms with Gasteiger partial charge in [-0.3, -0.25) is 4.79 Å². The summed E-state index contributed by atoms with van der Waals surface area (Å²) in [5, 5.41) is 3.92. The van der Waals surface area contributed by atoms with Gasteiger partial charge in [0.25, 0.3) is 5.91 Å². The SMILES string of the molecule is Cc1cc(C(=O)N(C)Cc2ccccc2)nc(NCCc2cccc(Cl)c2)n1. The van der Waals surface area contributed by atoms with Gasteiger partial charge in [-0.2, -0.15) is 0 Å². The zero-order valence-electron chi connectivity index (χ0n) is 16.0. The number of hydrogen-bond acceptors (Lipinski definition) is 4. The maximum absolute atomic E-state index is 12.8. The summed E-state index contributed by atoms with van der Waals surface area (Å²) in [5.41, 5.74) is 3.34. The van der Waals surface area contributed by atoms with E-state index in [0.29, 0.717) is 24.7 Å². The van der Waals surface area contributed by atoms with Crippen LogP contribution in [-0.2, 0) is 13.0 Å². The van der Waals surface area contributed by atoms with E-state index in [1.165, 1.54) is 0 Å². The molecule has 0 radical (unpaired) electrons. The molecule has 0 aliphatic rings. The summed E-state index contributed by atoms with van der Waals surface area (Å²) in [7, 11) is 1.78. The summed E-state index contributed by atoms with van der Waals surface area (Å²) in [5.74, 6) is 0.325. The van der Waals surface area contributed by atoms with Gasteiger partial charge in [0.2, 0.25) is 5.95 Å². The summed E-state index contributed by atoms with van der Waals surface area (Å²) in [6, 6.07) is 19.3. The van der Waals surface area contributed by atoms with Crippen LogP contribution in [0.25, 0.3) is 0 Å². The third-order valence-corrected chi connectivity index (χ3v) is 4.50. The number of benzene rings is 2. The number of anilines is 1. The van der Waals surface area contributed by atoms with Gasteiger partial charge in [-0.05, 0) is 42.7 Å². The number of rotatable bonds is 7. The minimum atomic E-state index is -0.132. The lowest BCUT2D eigenvalue weighted by Crippen LogP contribution is -2.27. The highest BCUT2D eigenvalue weighted by Gasteiger charge is 2.15. The van der Waals surface area contributed by atoms with Crippen LogP contribution in [0, 0.1) is 6.92 Å². The molecule has 3 rings (SSSR count). The molecule has 3 aromatic rings. The average molecular weight is 395 g/mol. The number of nitrogens with zero attached hydrogens (tertiary/aromatic N) is 3. The first-order chi connectivity index (χ1) is 13.5. The van der Waals surface area contributed by atoms with Crippen LogP contribution in [0.4, 0.5) is 5.95 Å². The fourth-order valence-corrected chi connectivity index (χ4v) is 3.11. The Morgan fingerprint density at radius 1 is 1.04 bits per heavy atom. The molecule has 0 fully saturated rings. The molecule has 2 aromatic carbocycles. The van der Waals surface area contributed by atoms with Crippen LogP contribution in [-0.4, -0.2) is 34.4 Å². The normalized spacial score (nSPS) is 10.5. The first-order valence-corrected chi connectivity index (χ1v) is 9.52. The van der Waals surface area contributed by atoms with Gasteiger partial charge in [-0.25, -0.2) is 9.97 Å². The van der Waals surface area contributed by atoms with E-state index in [0.717, 1.165) is 28.3 Å². The zero-order chi connectivity index (χ0) is 19.9. The summed E-state index contributed by atoms with van der Waals surface area (Å²) in [4.78, 5) is 23.2. The Hall–Kier alpha value is -2.92. The second-order valence-corrected chi connectivity index (χ2v) is 7.11. The molecule has 5 nitrogen and oxygen atoms in total. The molecule has 0 spiro atoms. The van der Waals surface area contributed by atoms with Gasteiger partial charge >= 0.3 is 0 Å². The average Bonchev–Trinajstić information content (AvgIpc) is 2.68. The standard InChI is InChI=1S/C22H23ClN4O/c1-16-13-20(21(28)27(2)15-18-7-4-3-5-8-18)26-22(25-16)24-12-11-17-9-6-10-19(23)14-17/h3-10,13-14H,11-12,15H2,1-2H3,(H,24,25,26). The van der Waals surface area contributed by atoms with Crippen LogP contribution >= 0.6 is 11.6 Å². The summed E-state index contributed by atoms with van der Waals surface area (Å²) < 4.78 is 0. The second-order valence-electron chi connectivity index (χ2n) is 6.67. The number of carbonyl (C=O) groups is 1. The molecular weight excluding hydrogens is 372 g/mol. The number of aromatic nitrogens is 2. The molecule has 1 heterocycles. The maximum Gasteiger partial charge on any atom is 0.272 e. The lowest BCUT2D eigenvalue weighted by Gasteiger charge is -2.17. The maximum atomic E-state index is 12.8. The van der Waals surface area contributed by atoms with E-state index in [9.17, 15) is 4.79 Å². The van der Waals surface area contributed by atoms with E-state index in [4.69, 9.17) is 11.6 Å². The second kappa shape index (κ2) is 9.33. The highest BCUT2D eigenvalue weighted by atomic mass is 35.5. The van der Waals surface area contributed by atoms with Crippen molar-refractivity contribution in [3.8, 4) is 0 Å². The number of amides is 1. The van der Waals surface area contributed by atoms with Crippen molar-refractivity contribution in [2.45, 2.75) is 19.9 Å². The minimum Gasteiger partial charge on any atom is -0.354 e. The smallest absolute Gasteiger partial charge is 0.272 e. The van der Waals surface area contributed by atoms with Crippen molar-refractivity contribution < 1.29 is 4.79 Å². The van der Waals surface area contributed by atoms with Crippen molar-refractivity contribution in [1.82, 2.24) is 14.9 Å². The van der Waals surface area contributed by atoms with Gasteiger partial charge in [-0.15, -0.1) is 0 Å². The van der Waals surface area contributed by atoms with Gasteiger partial charge in [0.05, 0.1) is 0 Å². The van der Waals surface area contributed by atoms with Crippen molar-refractivity contribution in [1.29, 1.82) is 0 Å². The number of carbonyl (C=O) groups excluding carboxylic acids is 1. The molecule has 1 aromatic heterocycles. The van der Waals surface area contributed by atoms with E-state index in [1.54, 1.807) is 18.0 Å². The first-order valence-electron chi connectivity index (χ1n) is 9.14. The molecule has 144 valence electrons. The highest BCUT2D eigenvalue weighted by molar-refractivity contribution is 6.30. The third-order valence-electron chi connectivity index (χ3n) is 4.27. The van der Waals surface area contributed by atoms with Gasteiger partial charge in [0, 0.05) is 30.9 Å². The fourth-order valence-electron chi connectivity index (χ4n) is 2.89. The topological polar surface area (TPSA) is 58.1 Å². The predicted octanol–water partition coefficient (Wildman–Crippen LogP) is 4.37. The van der Waals surface area contributed by atoms with Crippen LogP contribution in [0.2, 0.25) is 5.02 Å². The highest BCUT2D eigenvalue weighted by Crippen LogP contribution is 2.13. The largest absolute Gasteiger partial charge is 0.354 e. The molecule has 0 unspecified atom stereocenters. The number of aryl methyl sites for hydroxylation is 1. The van der Waals surface area contributed by atoms with Crippen LogP contribution in [0.3, 0.4) is 0 Å². The van der Waals surface area contributed by atoms with Crippen molar-refractivity contribution in [2.24, 2.45) is 0 Å². The van der Waals surface area contributed by atoms with Crippen molar-refractivity contribution >= 4 is 23.5 Å². The van der Waals surface area contributed by atoms with Crippen LogP contribution in [0.15, 0.2) is 60.7 Å². The number of hydrogen-bond donors (Lipinski definition) is 1. The third kappa shape index (κ3) is 5.54.